The van der Waals surface area contributed by atoms with Gasteiger partial charge in [-0.25, -0.2) is 0 Å². The first kappa shape index (κ1) is 6.98. The molecule has 1 spiro atoms. The molecule has 0 unspecified atom stereocenters. The van der Waals surface area contributed by atoms with Gasteiger partial charge in [0, 0.05) is 18.3 Å². The minimum Gasteiger partial charge on any atom is -0.380 e. The van der Waals surface area contributed by atoms with Crippen molar-refractivity contribution in [3.63, 3.8) is 0 Å². The molecule has 1 saturated carbocycles. The molecule has 60 valence electrons. The van der Waals surface area contributed by atoms with E-state index in [0.29, 0.717) is 26.1 Å². The van der Waals surface area contributed by atoms with E-state index in [1.807, 2.05) is 0 Å². The Morgan fingerprint density at radius 2 is 1.64 bits per heavy atom. The Hall–Kier alpha value is -0.700. The van der Waals surface area contributed by atoms with Crippen LogP contribution in [0.2, 0.25) is 0 Å². The summed E-state index contributed by atoms with van der Waals surface area (Å²) >= 11 is 0. The van der Waals surface area contributed by atoms with E-state index in [4.69, 9.17) is 4.74 Å². The van der Waals surface area contributed by atoms with E-state index in [2.05, 4.69) is 0 Å². The molecule has 2 aliphatic rings. The average Bonchev–Trinajstić information content (AvgIpc) is 1.82. The second kappa shape index (κ2) is 2.14. The highest BCUT2D eigenvalue weighted by atomic mass is 16.5. The van der Waals surface area contributed by atoms with Gasteiger partial charge >= 0.3 is 0 Å². The van der Waals surface area contributed by atoms with Crippen LogP contribution in [0.4, 0.5) is 0 Å². The van der Waals surface area contributed by atoms with Gasteiger partial charge in [-0.15, -0.1) is 0 Å². The largest absolute Gasteiger partial charge is 0.380 e. The van der Waals surface area contributed by atoms with Crippen LogP contribution in [0.3, 0.4) is 0 Å². The number of ketones is 2. The summed E-state index contributed by atoms with van der Waals surface area (Å²) in [6.07, 6.45) is 1.26. The van der Waals surface area contributed by atoms with Crippen LogP contribution >= 0.6 is 0 Å². The van der Waals surface area contributed by atoms with E-state index in [9.17, 15) is 9.59 Å². The number of hydrogen-bond donors (Lipinski definition) is 0. The molecule has 1 heterocycles. The summed E-state index contributed by atoms with van der Waals surface area (Å²) in [7, 11) is 0. The second-order valence-corrected chi connectivity index (χ2v) is 3.60. The predicted octanol–water partition coefficient (Wildman–Crippen LogP) is 0.325. The molecular weight excluding hydrogens is 144 g/mol. The second-order valence-electron chi connectivity index (χ2n) is 3.60. The Balaban J connectivity index is 2.12. The van der Waals surface area contributed by atoms with Gasteiger partial charge in [-0.3, -0.25) is 9.59 Å². The molecule has 0 aromatic rings. The highest BCUT2D eigenvalue weighted by Crippen LogP contribution is 2.39. The lowest BCUT2D eigenvalue weighted by Gasteiger charge is -2.42. The van der Waals surface area contributed by atoms with Crippen molar-refractivity contribution >= 4 is 11.6 Å². The summed E-state index contributed by atoms with van der Waals surface area (Å²) in [6.45, 7) is 1.20. The van der Waals surface area contributed by atoms with Crippen LogP contribution in [0.1, 0.15) is 19.3 Å². The molecule has 11 heavy (non-hydrogen) atoms. The van der Waals surface area contributed by atoms with E-state index in [1.165, 1.54) is 0 Å². The normalized spacial score (nSPS) is 28.7. The number of carbonyl (C=O) groups is 2. The lowest BCUT2D eigenvalue weighted by molar-refractivity contribution is -0.158. The molecule has 1 aliphatic carbocycles. The number of hydrogen-bond acceptors (Lipinski definition) is 3. The first-order valence-corrected chi connectivity index (χ1v) is 3.81. The standard InChI is InChI=1S/C8H10O3/c9-6-1-7(10)3-8(2-6)4-11-5-8/h1-5H2. The van der Waals surface area contributed by atoms with Gasteiger partial charge in [0.1, 0.15) is 11.6 Å². The van der Waals surface area contributed by atoms with Crippen LogP contribution in [-0.2, 0) is 14.3 Å². The maximum absolute atomic E-state index is 11.0. The van der Waals surface area contributed by atoms with Crippen LogP contribution in [-0.4, -0.2) is 24.8 Å². The highest BCUT2D eigenvalue weighted by Gasteiger charge is 2.45. The van der Waals surface area contributed by atoms with Gasteiger partial charge in [0.15, 0.2) is 0 Å². The van der Waals surface area contributed by atoms with E-state index >= 15 is 0 Å². The quantitative estimate of drug-likeness (QED) is 0.472. The van der Waals surface area contributed by atoms with Crippen LogP contribution in [0, 0.1) is 5.41 Å². The lowest BCUT2D eigenvalue weighted by atomic mass is 9.72. The maximum Gasteiger partial charge on any atom is 0.140 e. The van der Waals surface area contributed by atoms with E-state index in [0.717, 1.165) is 0 Å². The van der Waals surface area contributed by atoms with Crippen molar-refractivity contribution in [1.82, 2.24) is 0 Å². The zero-order valence-electron chi connectivity index (χ0n) is 6.26. The van der Waals surface area contributed by atoms with E-state index in [1.54, 1.807) is 0 Å². The molecule has 3 nitrogen and oxygen atoms in total. The van der Waals surface area contributed by atoms with Gasteiger partial charge in [0.25, 0.3) is 0 Å². The molecule has 0 N–H and O–H groups in total. The summed E-state index contributed by atoms with van der Waals surface area (Å²) in [5.74, 6) is 0.175. The van der Waals surface area contributed by atoms with Crippen LogP contribution in [0.5, 0.6) is 0 Å². The SMILES string of the molecule is O=C1CC(=O)CC2(COC2)C1. The third-order valence-electron chi connectivity index (χ3n) is 2.36. The summed E-state index contributed by atoms with van der Waals surface area (Å²) in [4.78, 5) is 22.0. The number of ether oxygens (including phenoxy) is 1. The van der Waals surface area contributed by atoms with Crippen molar-refractivity contribution in [2.75, 3.05) is 13.2 Å². The summed E-state index contributed by atoms with van der Waals surface area (Å²) in [5.41, 5.74) is -0.0770. The minimum absolute atomic E-state index is 0.0770. The molecule has 0 atom stereocenters. The zero-order valence-corrected chi connectivity index (χ0v) is 6.26. The molecule has 0 aromatic heterocycles. The van der Waals surface area contributed by atoms with Crippen molar-refractivity contribution in [1.29, 1.82) is 0 Å². The molecule has 2 fully saturated rings. The summed E-state index contributed by atoms with van der Waals surface area (Å²) < 4.78 is 5.01. The molecule has 0 bridgehead atoms. The fourth-order valence-electron chi connectivity index (χ4n) is 1.84. The summed E-state index contributed by atoms with van der Waals surface area (Å²) in [6, 6.07) is 0. The molecule has 1 aliphatic heterocycles. The average molecular weight is 154 g/mol. The van der Waals surface area contributed by atoms with Gasteiger partial charge in [-0.2, -0.15) is 0 Å². The van der Waals surface area contributed by atoms with Gasteiger partial charge in [0.05, 0.1) is 19.6 Å². The predicted molar refractivity (Wildman–Crippen MR) is 37.1 cm³/mol. The van der Waals surface area contributed by atoms with Crippen molar-refractivity contribution in [3.05, 3.63) is 0 Å². The van der Waals surface area contributed by atoms with Crippen LogP contribution < -0.4 is 0 Å². The van der Waals surface area contributed by atoms with Crippen LogP contribution in [0.15, 0.2) is 0 Å². The smallest absolute Gasteiger partial charge is 0.140 e. The van der Waals surface area contributed by atoms with Gasteiger partial charge in [-0.1, -0.05) is 0 Å². The first-order valence-electron chi connectivity index (χ1n) is 3.81. The summed E-state index contributed by atoms with van der Waals surface area (Å²) in [5, 5.41) is 0. The monoisotopic (exact) mass is 154 g/mol. The zero-order chi connectivity index (χ0) is 7.90. The Labute approximate surface area is 64.7 Å². The Morgan fingerprint density at radius 3 is 2.00 bits per heavy atom. The third-order valence-corrected chi connectivity index (χ3v) is 2.36. The highest BCUT2D eigenvalue weighted by molar-refractivity contribution is 6.02. The molecule has 2 rings (SSSR count). The fraction of sp³-hybridized carbons (Fsp3) is 0.750. The van der Waals surface area contributed by atoms with Gasteiger partial charge in [-0.05, 0) is 0 Å². The molecule has 1 saturated heterocycles. The van der Waals surface area contributed by atoms with Gasteiger partial charge < -0.3 is 4.74 Å². The minimum atomic E-state index is -0.0770. The maximum atomic E-state index is 11.0. The van der Waals surface area contributed by atoms with E-state index in [-0.39, 0.29) is 23.4 Å². The lowest BCUT2D eigenvalue weighted by Crippen LogP contribution is -2.48. The molecule has 0 aromatic carbocycles. The van der Waals surface area contributed by atoms with Gasteiger partial charge in [0.2, 0.25) is 0 Å². The fourth-order valence-corrected chi connectivity index (χ4v) is 1.84. The van der Waals surface area contributed by atoms with Crippen molar-refractivity contribution in [3.8, 4) is 0 Å². The molecule has 0 amide bonds. The molecule has 0 radical (unpaired) electrons. The Kier molecular flexibility index (Phi) is 1.36. The van der Waals surface area contributed by atoms with Crippen LogP contribution in [0.25, 0.3) is 0 Å². The first-order chi connectivity index (χ1) is 5.20. The number of rotatable bonds is 0. The third kappa shape index (κ3) is 1.09. The molecule has 3 heteroatoms. The Morgan fingerprint density at radius 1 is 1.09 bits per heavy atom. The van der Waals surface area contributed by atoms with Crippen molar-refractivity contribution < 1.29 is 14.3 Å². The molecular formula is C8H10O3. The topological polar surface area (TPSA) is 43.4 Å². The number of Topliss-reactive ketones (excluding diaryl/α,β-unsaturated/α-hetero) is 2. The van der Waals surface area contributed by atoms with E-state index < -0.39 is 0 Å². The number of carbonyl (C=O) groups excluding carboxylic acids is 2. The Bertz CT molecular complexity index is 197. The van der Waals surface area contributed by atoms with Crippen molar-refractivity contribution in [2.45, 2.75) is 19.3 Å². The van der Waals surface area contributed by atoms with Crippen molar-refractivity contribution in [2.24, 2.45) is 5.41 Å².